The van der Waals surface area contributed by atoms with Gasteiger partial charge in [0.05, 0.1) is 5.75 Å². The van der Waals surface area contributed by atoms with Gasteiger partial charge in [0, 0.05) is 36.6 Å². The van der Waals surface area contributed by atoms with Crippen molar-refractivity contribution in [3.05, 3.63) is 11.5 Å². The van der Waals surface area contributed by atoms with Crippen molar-refractivity contribution >= 4 is 9.84 Å². The molecular formula is C15H28N2O2S. The molecule has 0 aromatic carbocycles. The van der Waals surface area contributed by atoms with E-state index in [0.717, 1.165) is 19.5 Å². The first-order chi connectivity index (χ1) is 9.28. The maximum atomic E-state index is 11.7. The van der Waals surface area contributed by atoms with E-state index in [1.165, 1.54) is 5.41 Å². The molecule has 5 heteroatoms. The van der Waals surface area contributed by atoms with Gasteiger partial charge in [-0.3, -0.25) is 4.90 Å². The maximum absolute atomic E-state index is 11.7. The Morgan fingerprint density at radius 1 is 1.30 bits per heavy atom. The summed E-state index contributed by atoms with van der Waals surface area (Å²) >= 11 is 0. The van der Waals surface area contributed by atoms with Crippen molar-refractivity contribution in [1.82, 2.24) is 10.2 Å². The van der Waals surface area contributed by atoms with Crippen molar-refractivity contribution in [1.29, 1.82) is 0 Å². The third kappa shape index (κ3) is 3.83. The molecule has 0 saturated carbocycles. The molecule has 20 heavy (non-hydrogen) atoms. The van der Waals surface area contributed by atoms with Crippen molar-refractivity contribution in [2.45, 2.75) is 52.2 Å². The van der Waals surface area contributed by atoms with Gasteiger partial charge in [0.1, 0.15) is 0 Å². The quantitative estimate of drug-likeness (QED) is 0.857. The molecule has 0 spiro atoms. The molecule has 2 rings (SSSR count). The number of nitrogens with one attached hydrogen (secondary N) is 1. The number of rotatable bonds is 4. The van der Waals surface area contributed by atoms with Crippen LogP contribution in [0.15, 0.2) is 11.5 Å². The van der Waals surface area contributed by atoms with E-state index in [0.29, 0.717) is 23.9 Å². The molecule has 1 saturated heterocycles. The van der Waals surface area contributed by atoms with E-state index in [4.69, 9.17) is 0 Å². The summed E-state index contributed by atoms with van der Waals surface area (Å²) in [6.07, 6.45) is 3.02. The second-order valence-corrected chi connectivity index (χ2v) is 8.90. The Morgan fingerprint density at radius 3 is 2.50 bits per heavy atom. The van der Waals surface area contributed by atoms with Crippen molar-refractivity contribution in [3.8, 4) is 0 Å². The highest BCUT2D eigenvalue weighted by Gasteiger charge is 2.37. The third-order valence-electron chi connectivity index (χ3n) is 4.34. The van der Waals surface area contributed by atoms with Crippen LogP contribution in [0.1, 0.15) is 34.1 Å². The third-order valence-corrected chi connectivity index (χ3v) is 5.71. The van der Waals surface area contributed by atoms with Gasteiger partial charge in [0.25, 0.3) is 0 Å². The number of piperazine rings is 1. The first kappa shape index (κ1) is 16.0. The van der Waals surface area contributed by atoms with E-state index in [9.17, 15) is 8.42 Å². The van der Waals surface area contributed by atoms with Gasteiger partial charge >= 0.3 is 0 Å². The second-order valence-electron chi connectivity index (χ2n) is 6.97. The standard InChI is InChI=1S/C15H28N2O2S/c1-11(2)7-13-9-17(15(8-16-13)12(3)4)14-5-6-20(18,19)10-14/h5-6,11-16H,7-10H2,1-4H3. The Morgan fingerprint density at radius 2 is 2.00 bits per heavy atom. The predicted octanol–water partition coefficient (Wildman–Crippen LogP) is 1.64. The largest absolute Gasteiger partial charge is 0.311 e. The fourth-order valence-corrected chi connectivity index (χ4v) is 4.66. The lowest BCUT2D eigenvalue weighted by Gasteiger charge is -2.45. The number of hydrogen-bond donors (Lipinski definition) is 1. The highest BCUT2D eigenvalue weighted by molar-refractivity contribution is 7.94. The first-order valence-electron chi connectivity index (χ1n) is 7.68. The molecule has 0 aromatic heterocycles. The van der Waals surface area contributed by atoms with Crippen molar-refractivity contribution < 1.29 is 8.42 Å². The first-order valence-corrected chi connectivity index (χ1v) is 9.40. The molecule has 0 aliphatic carbocycles. The number of hydrogen-bond acceptors (Lipinski definition) is 4. The average molecular weight is 300 g/mol. The van der Waals surface area contributed by atoms with Crippen molar-refractivity contribution in [2.75, 3.05) is 18.8 Å². The Kier molecular flexibility index (Phi) is 4.92. The van der Waals surface area contributed by atoms with Gasteiger partial charge in [0.2, 0.25) is 0 Å². The molecule has 2 aliphatic heterocycles. The molecule has 2 aliphatic rings. The monoisotopic (exact) mass is 300 g/mol. The molecule has 0 amide bonds. The van der Waals surface area contributed by atoms with Crippen LogP contribution in [-0.2, 0) is 9.84 Å². The normalized spacial score (nSPS) is 34.2. The van der Waals surface area contributed by atoms with Crippen LogP contribution in [0.2, 0.25) is 0 Å². The lowest BCUT2D eigenvalue weighted by Crippen LogP contribution is -2.61. The number of nitrogens with zero attached hydrogens (tertiary/aromatic N) is 1. The molecule has 1 fully saturated rings. The van der Waals surface area contributed by atoms with Crippen LogP contribution in [-0.4, -0.2) is 50.3 Å². The average Bonchev–Trinajstić information content (AvgIpc) is 2.68. The van der Waals surface area contributed by atoms with Crippen molar-refractivity contribution in [3.63, 3.8) is 0 Å². The Balaban J connectivity index is 2.10. The molecule has 3 unspecified atom stereocenters. The van der Waals surface area contributed by atoms with Gasteiger partial charge in [-0.05, 0) is 18.3 Å². The van der Waals surface area contributed by atoms with E-state index < -0.39 is 9.84 Å². The molecule has 0 aromatic rings. The molecule has 3 atom stereocenters. The SMILES string of the molecule is CC(C)CC1CN(C2C=CS(=O)(=O)C2)C(C(C)C)CN1. The van der Waals surface area contributed by atoms with Crippen LogP contribution in [0.25, 0.3) is 0 Å². The Bertz CT molecular complexity index is 456. The van der Waals surface area contributed by atoms with Gasteiger partial charge < -0.3 is 5.32 Å². The minimum absolute atomic E-state index is 0.0594. The lowest BCUT2D eigenvalue weighted by molar-refractivity contribution is 0.0757. The fourth-order valence-electron chi connectivity index (χ4n) is 3.35. The molecule has 1 N–H and O–H groups in total. The van der Waals surface area contributed by atoms with Crippen LogP contribution in [0.5, 0.6) is 0 Å². The summed E-state index contributed by atoms with van der Waals surface area (Å²) in [6.45, 7) is 10.8. The van der Waals surface area contributed by atoms with Crippen LogP contribution < -0.4 is 5.32 Å². The Hall–Kier alpha value is -0.390. The smallest absolute Gasteiger partial charge is 0.173 e. The van der Waals surface area contributed by atoms with Crippen LogP contribution in [0.4, 0.5) is 0 Å². The highest BCUT2D eigenvalue weighted by Crippen LogP contribution is 2.24. The van der Waals surface area contributed by atoms with Gasteiger partial charge in [-0.25, -0.2) is 8.42 Å². The van der Waals surface area contributed by atoms with E-state index in [1.54, 1.807) is 0 Å². The summed E-state index contributed by atoms with van der Waals surface area (Å²) in [4.78, 5) is 2.41. The summed E-state index contributed by atoms with van der Waals surface area (Å²) in [6, 6.07) is 0.951. The zero-order chi connectivity index (χ0) is 14.9. The zero-order valence-corrected chi connectivity index (χ0v) is 13.9. The fraction of sp³-hybridized carbons (Fsp3) is 0.867. The molecular weight excluding hydrogens is 272 g/mol. The minimum Gasteiger partial charge on any atom is -0.311 e. The summed E-state index contributed by atoms with van der Waals surface area (Å²) in [5.74, 6) is 1.44. The lowest BCUT2D eigenvalue weighted by atomic mass is 9.93. The predicted molar refractivity (Wildman–Crippen MR) is 83.3 cm³/mol. The van der Waals surface area contributed by atoms with Crippen LogP contribution in [0, 0.1) is 11.8 Å². The summed E-state index contributed by atoms with van der Waals surface area (Å²) in [5.41, 5.74) is 0. The summed E-state index contributed by atoms with van der Waals surface area (Å²) in [5, 5.41) is 5.04. The van der Waals surface area contributed by atoms with E-state index in [1.807, 2.05) is 6.08 Å². The van der Waals surface area contributed by atoms with Gasteiger partial charge in [-0.1, -0.05) is 33.8 Å². The van der Waals surface area contributed by atoms with E-state index in [2.05, 4.69) is 37.9 Å². The van der Waals surface area contributed by atoms with Crippen LogP contribution in [0.3, 0.4) is 0 Å². The number of sulfone groups is 1. The molecule has 4 nitrogen and oxygen atoms in total. The molecule has 0 radical (unpaired) electrons. The molecule has 116 valence electrons. The molecule has 0 bridgehead atoms. The Labute approximate surface area is 123 Å². The minimum atomic E-state index is -2.98. The van der Waals surface area contributed by atoms with Gasteiger partial charge in [-0.2, -0.15) is 0 Å². The zero-order valence-electron chi connectivity index (χ0n) is 13.0. The molecule has 2 heterocycles. The second kappa shape index (κ2) is 6.16. The summed E-state index contributed by atoms with van der Waals surface area (Å²) in [7, 11) is -2.98. The van der Waals surface area contributed by atoms with E-state index in [-0.39, 0.29) is 11.8 Å². The maximum Gasteiger partial charge on any atom is 0.173 e. The van der Waals surface area contributed by atoms with Gasteiger partial charge in [0.15, 0.2) is 9.84 Å². The topological polar surface area (TPSA) is 49.4 Å². The van der Waals surface area contributed by atoms with E-state index >= 15 is 0 Å². The van der Waals surface area contributed by atoms with Crippen molar-refractivity contribution in [2.24, 2.45) is 11.8 Å². The van der Waals surface area contributed by atoms with Gasteiger partial charge in [-0.15, -0.1) is 0 Å². The highest BCUT2D eigenvalue weighted by atomic mass is 32.2. The van der Waals surface area contributed by atoms with Crippen LogP contribution >= 0.6 is 0 Å². The summed E-state index contributed by atoms with van der Waals surface area (Å²) < 4.78 is 23.4.